The van der Waals surface area contributed by atoms with Gasteiger partial charge in [0.15, 0.2) is 0 Å². The normalized spacial score (nSPS) is 12.8. The molecule has 0 radical (unpaired) electrons. The predicted octanol–water partition coefficient (Wildman–Crippen LogP) is 2.78. The summed E-state index contributed by atoms with van der Waals surface area (Å²) in [7, 11) is 1.56. The number of amides is 3. The summed E-state index contributed by atoms with van der Waals surface area (Å²) in [5, 5.41) is 3.35. The summed E-state index contributed by atoms with van der Waals surface area (Å²) >= 11 is 5.82. The molecule has 3 amide bonds. The van der Waals surface area contributed by atoms with Crippen molar-refractivity contribution in [2.75, 3.05) is 33.4 Å². The van der Waals surface area contributed by atoms with Crippen molar-refractivity contribution < 1.29 is 23.9 Å². The van der Waals surface area contributed by atoms with Crippen LogP contribution < -0.4 is 10.1 Å². The number of ether oxygens (including phenoxy) is 2. The Balaban J connectivity index is 1.55. The predicted molar refractivity (Wildman–Crippen MR) is 108 cm³/mol. The summed E-state index contributed by atoms with van der Waals surface area (Å²) in [6.45, 7) is 1.31. The maximum Gasteiger partial charge on any atom is 0.261 e. The van der Waals surface area contributed by atoms with Crippen LogP contribution in [0.1, 0.15) is 37.5 Å². The molecule has 1 heterocycles. The highest BCUT2D eigenvalue weighted by atomic mass is 35.5. The third kappa shape index (κ3) is 4.93. The van der Waals surface area contributed by atoms with Gasteiger partial charge >= 0.3 is 0 Å². The molecular weight excluding hydrogens is 396 g/mol. The number of fused-ring (bicyclic) bond motifs is 1. The van der Waals surface area contributed by atoms with Gasteiger partial charge in [-0.2, -0.15) is 0 Å². The highest BCUT2D eigenvalue weighted by Gasteiger charge is 2.35. The van der Waals surface area contributed by atoms with E-state index in [4.69, 9.17) is 21.1 Å². The zero-order valence-corrected chi connectivity index (χ0v) is 16.7. The molecule has 0 spiro atoms. The fraction of sp³-hybridized carbons (Fsp3) is 0.286. The van der Waals surface area contributed by atoms with Crippen molar-refractivity contribution in [1.29, 1.82) is 0 Å². The molecule has 0 bridgehead atoms. The van der Waals surface area contributed by atoms with Crippen molar-refractivity contribution >= 4 is 29.3 Å². The first-order valence-electron chi connectivity index (χ1n) is 9.17. The lowest BCUT2D eigenvalue weighted by Crippen LogP contribution is -2.31. The van der Waals surface area contributed by atoms with Crippen LogP contribution in [0.2, 0.25) is 5.02 Å². The van der Waals surface area contributed by atoms with Crippen LogP contribution in [-0.4, -0.2) is 56.0 Å². The van der Waals surface area contributed by atoms with Gasteiger partial charge in [0.2, 0.25) is 0 Å². The number of carbonyl (C=O) groups is 3. The van der Waals surface area contributed by atoms with Gasteiger partial charge in [-0.3, -0.25) is 19.3 Å². The first-order chi connectivity index (χ1) is 14.0. The van der Waals surface area contributed by atoms with Crippen molar-refractivity contribution in [1.82, 2.24) is 10.2 Å². The van der Waals surface area contributed by atoms with Crippen LogP contribution >= 0.6 is 11.6 Å². The molecule has 0 fully saturated rings. The minimum Gasteiger partial charge on any atom is -0.492 e. The summed E-state index contributed by atoms with van der Waals surface area (Å²) in [5.41, 5.74) is 0.877. The van der Waals surface area contributed by atoms with E-state index >= 15 is 0 Å². The number of halogens is 1. The number of carbonyl (C=O) groups excluding carboxylic acids is 3. The van der Waals surface area contributed by atoms with Gasteiger partial charge in [0.05, 0.1) is 17.7 Å². The minimum atomic E-state index is -0.387. The number of hydrogen-bond donors (Lipinski definition) is 1. The fourth-order valence-corrected chi connectivity index (χ4v) is 3.09. The average Bonchev–Trinajstić information content (AvgIpc) is 2.97. The monoisotopic (exact) mass is 416 g/mol. The zero-order chi connectivity index (χ0) is 20.8. The Kier molecular flexibility index (Phi) is 6.85. The van der Waals surface area contributed by atoms with Gasteiger partial charge in [-0.15, -0.1) is 0 Å². The molecule has 2 aromatic rings. The molecule has 0 saturated heterocycles. The Morgan fingerprint density at radius 2 is 1.76 bits per heavy atom. The van der Waals surface area contributed by atoms with E-state index in [1.54, 1.807) is 31.4 Å². The van der Waals surface area contributed by atoms with Gasteiger partial charge in [-0.25, -0.2) is 0 Å². The Hall–Kier alpha value is -2.90. The first-order valence-corrected chi connectivity index (χ1v) is 9.55. The zero-order valence-electron chi connectivity index (χ0n) is 15.9. The van der Waals surface area contributed by atoms with Crippen LogP contribution in [0.3, 0.4) is 0 Å². The Bertz CT molecular complexity index is 914. The largest absolute Gasteiger partial charge is 0.492 e. The number of hydrogen-bond acceptors (Lipinski definition) is 5. The van der Waals surface area contributed by atoms with E-state index < -0.39 is 0 Å². The third-order valence-corrected chi connectivity index (χ3v) is 4.69. The quantitative estimate of drug-likeness (QED) is 0.502. The van der Waals surface area contributed by atoms with Gasteiger partial charge in [-0.1, -0.05) is 11.6 Å². The molecule has 0 atom stereocenters. The minimum absolute atomic E-state index is 0.248. The van der Waals surface area contributed by atoms with Crippen molar-refractivity contribution in [3.63, 3.8) is 0 Å². The van der Waals surface area contributed by atoms with Gasteiger partial charge in [-0.05, 0) is 48.9 Å². The molecule has 0 aromatic heterocycles. The number of nitrogens with one attached hydrogen (secondary N) is 1. The lowest BCUT2D eigenvalue weighted by Gasteiger charge is -2.12. The van der Waals surface area contributed by atoms with Crippen LogP contribution in [0.4, 0.5) is 0 Å². The number of imide groups is 1. The maximum atomic E-state index is 12.5. The van der Waals surface area contributed by atoms with Crippen LogP contribution in [0, 0.1) is 0 Å². The Labute approximate surface area is 173 Å². The molecule has 152 valence electrons. The molecule has 3 rings (SSSR count). The number of nitrogens with zero attached hydrogens (tertiary/aromatic N) is 1. The van der Waals surface area contributed by atoms with Crippen molar-refractivity contribution in [2.45, 2.75) is 6.42 Å². The van der Waals surface area contributed by atoms with Crippen molar-refractivity contribution in [3.8, 4) is 5.75 Å². The molecule has 2 aromatic carbocycles. The molecule has 1 N–H and O–H groups in total. The fourth-order valence-electron chi connectivity index (χ4n) is 2.97. The average molecular weight is 417 g/mol. The lowest BCUT2D eigenvalue weighted by atomic mass is 10.1. The second-order valence-electron chi connectivity index (χ2n) is 6.43. The van der Waals surface area contributed by atoms with E-state index in [1.165, 1.54) is 23.1 Å². The molecule has 29 heavy (non-hydrogen) atoms. The lowest BCUT2D eigenvalue weighted by molar-refractivity contribution is 0.0638. The highest BCUT2D eigenvalue weighted by Crippen LogP contribution is 2.24. The topological polar surface area (TPSA) is 84.9 Å². The second-order valence-corrected chi connectivity index (χ2v) is 6.86. The summed E-state index contributed by atoms with van der Waals surface area (Å²) in [6.07, 6.45) is 0.558. The number of methoxy groups -OCH3 is 1. The molecule has 7 nitrogen and oxygen atoms in total. The van der Waals surface area contributed by atoms with E-state index in [9.17, 15) is 14.4 Å². The number of rotatable bonds is 9. The van der Waals surface area contributed by atoms with Gasteiger partial charge in [0.25, 0.3) is 17.7 Å². The summed E-state index contributed by atoms with van der Waals surface area (Å²) in [6, 6.07) is 11.4. The van der Waals surface area contributed by atoms with E-state index in [2.05, 4.69) is 5.32 Å². The summed E-state index contributed by atoms with van der Waals surface area (Å²) < 4.78 is 10.5. The third-order valence-electron chi connectivity index (χ3n) is 4.43. The van der Waals surface area contributed by atoms with E-state index in [0.29, 0.717) is 34.9 Å². The van der Waals surface area contributed by atoms with Crippen LogP contribution in [0.15, 0.2) is 42.5 Å². The van der Waals surface area contributed by atoms with E-state index in [0.717, 1.165) is 0 Å². The second kappa shape index (κ2) is 9.54. The Morgan fingerprint density at radius 3 is 2.48 bits per heavy atom. The smallest absolute Gasteiger partial charge is 0.261 e. The molecule has 1 aliphatic rings. The molecule has 0 saturated carbocycles. The van der Waals surface area contributed by atoms with E-state index in [-0.39, 0.29) is 43.0 Å². The maximum absolute atomic E-state index is 12.5. The van der Waals surface area contributed by atoms with Crippen molar-refractivity contribution in [3.05, 3.63) is 64.2 Å². The van der Waals surface area contributed by atoms with Gasteiger partial charge in [0.1, 0.15) is 12.4 Å². The number of benzene rings is 2. The van der Waals surface area contributed by atoms with Gasteiger partial charge < -0.3 is 14.8 Å². The standard InChI is InChI=1S/C21H21ClN2O5/c1-28-11-2-10-24-20(26)17-8-3-14(13-18(17)21(24)27)19(25)23-9-12-29-16-6-4-15(22)5-7-16/h3-8,13H,2,9-12H2,1H3,(H,23,25). The first kappa shape index (κ1) is 20.8. The molecule has 0 unspecified atom stereocenters. The SMILES string of the molecule is COCCCN1C(=O)c2ccc(C(=O)NCCOc3ccc(Cl)cc3)cc2C1=O. The molecule has 8 heteroatoms. The summed E-state index contributed by atoms with van der Waals surface area (Å²) in [5.74, 6) is -0.421. The molecule has 1 aliphatic heterocycles. The summed E-state index contributed by atoms with van der Waals surface area (Å²) in [4.78, 5) is 38.5. The van der Waals surface area contributed by atoms with E-state index in [1.807, 2.05) is 0 Å². The van der Waals surface area contributed by atoms with Crippen LogP contribution in [-0.2, 0) is 4.74 Å². The Morgan fingerprint density at radius 1 is 1.03 bits per heavy atom. The highest BCUT2D eigenvalue weighted by molar-refractivity contribution is 6.30. The van der Waals surface area contributed by atoms with Gasteiger partial charge in [0, 0.05) is 30.8 Å². The van der Waals surface area contributed by atoms with Crippen LogP contribution in [0.5, 0.6) is 5.75 Å². The molecular formula is C21H21ClN2O5. The van der Waals surface area contributed by atoms with Crippen molar-refractivity contribution in [2.24, 2.45) is 0 Å². The molecule has 0 aliphatic carbocycles. The van der Waals surface area contributed by atoms with Crippen LogP contribution in [0.25, 0.3) is 0 Å².